The second-order valence-electron chi connectivity index (χ2n) is 7.11. The molecule has 28 heavy (non-hydrogen) atoms. The Morgan fingerprint density at radius 3 is 2.61 bits per heavy atom. The Morgan fingerprint density at radius 1 is 1.21 bits per heavy atom. The Kier molecular flexibility index (Phi) is 6.43. The number of rotatable bonds is 5. The molecular weight excluding hydrogens is 396 g/mol. The highest BCUT2D eigenvalue weighted by atomic mass is 35.5. The zero-order chi connectivity index (χ0) is 20.3. The smallest absolute Gasteiger partial charge is 0.243 e. The van der Waals surface area contributed by atoms with E-state index in [1.54, 1.807) is 12.1 Å². The van der Waals surface area contributed by atoms with Crippen molar-refractivity contribution in [1.82, 2.24) is 4.31 Å². The van der Waals surface area contributed by atoms with Gasteiger partial charge < -0.3 is 5.32 Å². The van der Waals surface area contributed by atoms with Crippen LogP contribution in [0.25, 0.3) is 0 Å². The highest BCUT2D eigenvalue weighted by Crippen LogP contribution is 2.27. The third-order valence-electron chi connectivity index (χ3n) is 5.19. The number of hydrogen-bond acceptors (Lipinski definition) is 3. The molecule has 1 atom stereocenters. The summed E-state index contributed by atoms with van der Waals surface area (Å²) >= 11 is 5.87. The average Bonchev–Trinajstić information content (AvgIpc) is 2.70. The zero-order valence-corrected chi connectivity index (χ0v) is 17.7. The van der Waals surface area contributed by atoms with Gasteiger partial charge in [0.25, 0.3) is 0 Å². The summed E-state index contributed by atoms with van der Waals surface area (Å²) in [5.41, 5.74) is 2.93. The highest BCUT2D eigenvalue weighted by Gasteiger charge is 2.33. The van der Waals surface area contributed by atoms with Crippen molar-refractivity contribution in [1.29, 1.82) is 0 Å². The molecule has 2 aromatic carbocycles. The first kappa shape index (κ1) is 20.8. The van der Waals surface area contributed by atoms with E-state index in [9.17, 15) is 13.2 Å². The molecule has 0 unspecified atom stereocenters. The van der Waals surface area contributed by atoms with Crippen molar-refractivity contribution in [2.75, 3.05) is 18.4 Å². The number of para-hydroxylation sites is 1. The number of amides is 1. The quantitative estimate of drug-likeness (QED) is 0.786. The van der Waals surface area contributed by atoms with Crippen molar-refractivity contribution in [2.45, 2.75) is 38.0 Å². The van der Waals surface area contributed by atoms with Gasteiger partial charge in [-0.1, -0.05) is 36.7 Å². The number of nitrogens with zero attached hydrogens (tertiary/aromatic N) is 1. The molecule has 0 aromatic heterocycles. The molecule has 0 radical (unpaired) electrons. The standard InChI is InChI=1S/C21H25ClN2O3S/c1-3-16-7-4-6-15(2)20(16)23-21(25)17-8-5-13-24(14-17)28(26,27)19-11-9-18(22)10-12-19/h4,6-7,9-12,17H,3,5,8,13-14H2,1-2H3,(H,23,25)/t17-/m1/s1. The SMILES string of the molecule is CCc1cccc(C)c1NC(=O)[C@@H]1CCCN(S(=O)(=O)c2ccc(Cl)cc2)C1. The molecule has 1 aliphatic heterocycles. The molecule has 2 aromatic rings. The van der Waals surface area contributed by atoms with Gasteiger partial charge in [-0.3, -0.25) is 4.79 Å². The fourth-order valence-corrected chi connectivity index (χ4v) is 5.21. The number of nitrogens with one attached hydrogen (secondary N) is 1. The average molecular weight is 421 g/mol. The molecule has 0 saturated carbocycles. The monoisotopic (exact) mass is 420 g/mol. The van der Waals surface area contributed by atoms with Crippen molar-refractivity contribution in [3.63, 3.8) is 0 Å². The fourth-order valence-electron chi connectivity index (χ4n) is 3.56. The molecule has 1 heterocycles. The minimum atomic E-state index is -3.64. The predicted octanol–water partition coefficient (Wildman–Crippen LogP) is 4.25. The highest BCUT2D eigenvalue weighted by molar-refractivity contribution is 7.89. The summed E-state index contributed by atoms with van der Waals surface area (Å²) in [5, 5.41) is 3.53. The Bertz CT molecular complexity index is 958. The van der Waals surface area contributed by atoms with Crippen molar-refractivity contribution in [3.8, 4) is 0 Å². The number of anilines is 1. The van der Waals surface area contributed by atoms with E-state index in [0.717, 1.165) is 23.2 Å². The first-order valence-electron chi connectivity index (χ1n) is 9.48. The van der Waals surface area contributed by atoms with Gasteiger partial charge in [-0.05, 0) is 61.6 Å². The van der Waals surface area contributed by atoms with Gasteiger partial charge >= 0.3 is 0 Å². The molecule has 1 fully saturated rings. The lowest BCUT2D eigenvalue weighted by Gasteiger charge is -2.31. The van der Waals surface area contributed by atoms with Crippen LogP contribution in [-0.2, 0) is 21.2 Å². The number of benzene rings is 2. The molecule has 5 nitrogen and oxygen atoms in total. The van der Waals surface area contributed by atoms with E-state index in [2.05, 4.69) is 5.32 Å². The van der Waals surface area contributed by atoms with E-state index in [4.69, 9.17) is 11.6 Å². The summed E-state index contributed by atoms with van der Waals surface area (Å²) in [7, 11) is -3.64. The van der Waals surface area contributed by atoms with Crippen LogP contribution < -0.4 is 5.32 Å². The number of piperidine rings is 1. The zero-order valence-electron chi connectivity index (χ0n) is 16.1. The summed E-state index contributed by atoms with van der Waals surface area (Å²) in [6.45, 7) is 4.61. The second kappa shape index (κ2) is 8.64. The van der Waals surface area contributed by atoms with Gasteiger partial charge in [0.2, 0.25) is 15.9 Å². The predicted molar refractivity (Wildman–Crippen MR) is 112 cm³/mol. The van der Waals surface area contributed by atoms with Crippen LogP contribution in [0.3, 0.4) is 0 Å². The van der Waals surface area contributed by atoms with E-state index >= 15 is 0 Å². The maximum atomic E-state index is 12.9. The maximum absolute atomic E-state index is 12.9. The number of carbonyl (C=O) groups excluding carboxylic acids is 1. The third-order valence-corrected chi connectivity index (χ3v) is 7.33. The Hall–Kier alpha value is -1.89. The normalized spacial score (nSPS) is 18.0. The fraction of sp³-hybridized carbons (Fsp3) is 0.381. The van der Waals surface area contributed by atoms with E-state index in [1.165, 1.54) is 16.4 Å². The van der Waals surface area contributed by atoms with Crippen LogP contribution in [0.4, 0.5) is 5.69 Å². The van der Waals surface area contributed by atoms with Gasteiger partial charge in [0.1, 0.15) is 0 Å². The number of halogens is 1. The number of aryl methyl sites for hydroxylation is 2. The molecule has 1 amide bonds. The number of hydrogen-bond donors (Lipinski definition) is 1. The van der Waals surface area contributed by atoms with Crippen molar-refractivity contribution >= 4 is 33.2 Å². The minimum absolute atomic E-state index is 0.125. The van der Waals surface area contributed by atoms with Gasteiger partial charge in [-0.15, -0.1) is 0 Å². The summed E-state index contributed by atoms with van der Waals surface area (Å²) in [5.74, 6) is -0.500. The minimum Gasteiger partial charge on any atom is -0.325 e. The Balaban J connectivity index is 1.76. The molecular formula is C21H25ClN2O3S. The van der Waals surface area contributed by atoms with Crippen molar-refractivity contribution in [2.24, 2.45) is 5.92 Å². The summed E-state index contributed by atoms with van der Waals surface area (Å²) in [4.78, 5) is 13.1. The van der Waals surface area contributed by atoms with E-state index in [0.29, 0.717) is 24.4 Å². The van der Waals surface area contributed by atoms with Crippen molar-refractivity contribution in [3.05, 3.63) is 58.6 Å². The number of carbonyl (C=O) groups is 1. The van der Waals surface area contributed by atoms with Crippen LogP contribution in [-0.4, -0.2) is 31.7 Å². The first-order chi connectivity index (χ1) is 13.3. The van der Waals surface area contributed by atoms with Gasteiger partial charge in [0.15, 0.2) is 0 Å². The lowest BCUT2D eigenvalue weighted by Crippen LogP contribution is -2.43. The van der Waals surface area contributed by atoms with Crippen LogP contribution in [0.15, 0.2) is 47.4 Å². The van der Waals surface area contributed by atoms with Crippen molar-refractivity contribution < 1.29 is 13.2 Å². The van der Waals surface area contributed by atoms with Gasteiger partial charge in [0, 0.05) is 23.8 Å². The maximum Gasteiger partial charge on any atom is 0.243 e. The summed E-state index contributed by atoms with van der Waals surface area (Å²) < 4.78 is 27.3. The van der Waals surface area contributed by atoms with E-state index in [-0.39, 0.29) is 23.3 Å². The van der Waals surface area contributed by atoms with Crippen LogP contribution in [0.5, 0.6) is 0 Å². The largest absolute Gasteiger partial charge is 0.325 e. The molecule has 3 rings (SSSR count). The van der Waals surface area contributed by atoms with Crippen LogP contribution in [0.2, 0.25) is 5.02 Å². The molecule has 7 heteroatoms. The lowest BCUT2D eigenvalue weighted by molar-refractivity contribution is -0.120. The Labute approximate surface area is 171 Å². The van der Waals surface area contributed by atoms with E-state index < -0.39 is 10.0 Å². The molecule has 0 aliphatic carbocycles. The Morgan fingerprint density at radius 2 is 1.93 bits per heavy atom. The van der Waals surface area contributed by atoms with E-state index in [1.807, 2.05) is 32.0 Å². The van der Waals surface area contributed by atoms with Gasteiger partial charge in [-0.25, -0.2) is 8.42 Å². The molecule has 150 valence electrons. The van der Waals surface area contributed by atoms with Gasteiger partial charge in [0.05, 0.1) is 10.8 Å². The molecule has 1 aliphatic rings. The molecule has 0 bridgehead atoms. The summed E-state index contributed by atoms with van der Waals surface area (Å²) in [6, 6.07) is 12.1. The third kappa shape index (κ3) is 4.40. The van der Waals surface area contributed by atoms with Crippen LogP contribution in [0, 0.1) is 12.8 Å². The van der Waals surface area contributed by atoms with Crippen LogP contribution >= 0.6 is 11.6 Å². The molecule has 1 N–H and O–H groups in total. The first-order valence-corrected chi connectivity index (χ1v) is 11.3. The lowest BCUT2D eigenvalue weighted by atomic mass is 9.98. The summed E-state index contributed by atoms with van der Waals surface area (Å²) in [6.07, 6.45) is 2.14. The van der Waals surface area contributed by atoms with Gasteiger partial charge in [-0.2, -0.15) is 4.31 Å². The second-order valence-corrected chi connectivity index (χ2v) is 9.48. The van der Waals surface area contributed by atoms with Crippen LogP contribution in [0.1, 0.15) is 30.9 Å². The molecule has 0 spiro atoms. The topological polar surface area (TPSA) is 66.5 Å². The number of sulfonamides is 1. The molecule has 1 saturated heterocycles.